The Morgan fingerprint density at radius 2 is 2.71 bits per heavy atom. The van der Waals surface area contributed by atoms with Gasteiger partial charge in [-0.3, -0.25) is 5.32 Å². The lowest BCUT2D eigenvalue weighted by molar-refractivity contribution is -0.766. The molecule has 0 aromatic carbocycles. The van der Waals surface area contributed by atoms with Crippen molar-refractivity contribution in [3.63, 3.8) is 0 Å². The average Bonchev–Trinajstić information content (AvgIpc) is 1.87. The minimum Gasteiger partial charge on any atom is -0.355 e. The molecule has 0 radical (unpaired) electrons. The molecule has 7 heavy (non-hydrogen) atoms. The van der Waals surface area contributed by atoms with E-state index >= 15 is 0 Å². The smallest absolute Gasteiger partial charge is 0.271 e. The van der Waals surface area contributed by atoms with Gasteiger partial charge in [-0.25, -0.2) is 0 Å². The van der Waals surface area contributed by atoms with Crippen molar-refractivity contribution in [3.8, 4) is 0 Å². The molecule has 3 nitrogen and oxygen atoms in total. The van der Waals surface area contributed by atoms with Crippen molar-refractivity contribution in [2.75, 3.05) is 6.54 Å². The molecule has 1 aliphatic rings. The molecule has 0 bridgehead atoms. The first-order valence-corrected chi connectivity index (χ1v) is 2.34. The van der Waals surface area contributed by atoms with Gasteiger partial charge in [0.05, 0.1) is 0 Å². The van der Waals surface area contributed by atoms with E-state index in [1.165, 1.54) is 0 Å². The van der Waals surface area contributed by atoms with Gasteiger partial charge in [0.15, 0.2) is 6.54 Å². The monoisotopic (exact) mass is 101 g/mol. The normalized spacial score (nSPS) is 29.3. The van der Waals surface area contributed by atoms with Gasteiger partial charge in [0.2, 0.25) is 0 Å². The lowest BCUT2D eigenvalue weighted by Gasteiger charge is -1.88. The highest BCUT2D eigenvalue weighted by molar-refractivity contribution is 5.49. The van der Waals surface area contributed by atoms with Crippen LogP contribution >= 0.6 is 0 Å². The van der Waals surface area contributed by atoms with Gasteiger partial charge < -0.3 is 5.21 Å². The third-order valence-corrected chi connectivity index (χ3v) is 0.969. The van der Waals surface area contributed by atoms with Crippen LogP contribution in [0.2, 0.25) is 0 Å². The quantitative estimate of drug-likeness (QED) is 0.316. The summed E-state index contributed by atoms with van der Waals surface area (Å²) in [7, 11) is 0. The zero-order chi connectivity index (χ0) is 5.28. The topological polar surface area (TPSA) is 35.3 Å². The SMILES string of the molecule is CC1C[N+](O)=CN1. The second kappa shape index (κ2) is 1.40. The van der Waals surface area contributed by atoms with Crippen molar-refractivity contribution >= 4 is 6.34 Å². The molecule has 0 aromatic heterocycles. The Hall–Kier alpha value is -0.730. The molecule has 1 atom stereocenters. The van der Waals surface area contributed by atoms with Gasteiger partial charge >= 0.3 is 0 Å². The molecular formula is C4H9N2O+. The first-order valence-electron chi connectivity index (χ1n) is 2.34. The van der Waals surface area contributed by atoms with Crippen molar-refractivity contribution in [2.24, 2.45) is 0 Å². The first-order chi connectivity index (χ1) is 3.29. The second-order valence-corrected chi connectivity index (χ2v) is 1.82. The van der Waals surface area contributed by atoms with Gasteiger partial charge in [-0.1, -0.05) is 4.74 Å². The summed E-state index contributed by atoms with van der Waals surface area (Å²) in [6.45, 7) is 2.70. The molecular weight excluding hydrogens is 92.1 g/mol. The Balaban J connectivity index is 2.42. The van der Waals surface area contributed by atoms with Crippen LogP contribution in [0.25, 0.3) is 0 Å². The molecule has 1 rings (SSSR count). The standard InChI is InChI=1S/C4H8N2O/c1-4-2-6(7)3-5-4/h3-4,7H,2H2,1H3/p+1. The fraction of sp³-hybridized carbons (Fsp3) is 0.750. The molecule has 3 heteroatoms. The summed E-state index contributed by atoms with van der Waals surface area (Å²) >= 11 is 0. The maximum absolute atomic E-state index is 8.61. The maximum Gasteiger partial charge on any atom is 0.271 e. The second-order valence-electron chi connectivity index (χ2n) is 1.82. The predicted molar refractivity (Wildman–Crippen MR) is 25.6 cm³/mol. The van der Waals surface area contributed by atoms with Crippen LogP contribution in [-0.4, -0.2) is 28.9 Å². The van der Waals surface area contributed by atoms with E-state index in [0.29, 0.717) is 12.6 Å². The number of hydrogen-bond donors (Lipinski definition) is 2. The van der Waals surface area contributed by atoms with Gasteiger partial charge in [-0.05, 0) is 6.92 Å². The molecule has 1 aliphatic heterocycles. The fourth-order valence-corrected chi connectivity index (χ4v) is 0.599. The molecule has 1 heterocycles. The lowest BCUT2D eigenvalue weighted by Crippen LogP contribution is -2.20. The molecule has 0 fully saturated rings. The highest BCUT2D eigenvalue weighted by atomic mass is 16.5. The van der Waals surface area contributed by atoms with Gasteiger partial charge in [-0.2, -0.15) is 0 Å². The summed E-state index contributed by atoms with van der Waals surface area (Å²) < 4.78 is 1.14. The van der Waals surface area contributed by atoms with Gasteiger partial charge in [-0.15, -0.1) is 0 Å². The number of hydroxylamine groups is 1. The number of nitrogens with zero attached hydrogens (tertiary/aromatic N) is 1. The van der Waals surface area contributed by atoms with Crippen LogP contribution < -0.4 is 5.32 Å². The molecule has 0 saturated heterocycles. The van der Waals surface area contributed by atoms with Crippen LogP contribution in [0.3, 0.4) is 0 Å². The Kier molecular flexibility index (Phi) is 0.889. The van der Waals surface area contributed by atoms with Crippen LogP contribution in [0, 0.1) is 0 Å². The Labute approximate surface area is 42.2 Å². The number of rotatable bonds is 0. The van der Waals surface area contributed by atoms with Crippen LogP contribution in [0.5, 0.6) is 0 Å². The summed E-state index contributed by atoms with van der Waals surface area (Å²) in [6.07, 6.45) is 1.56. The third-order valence-electron chi connectivity index (χ3n) is 0.969. The van der Waals surface area contributed by atoms with E-state index in [2.05, 4.69) is 5.32 Å². The maximum atomic E-state index is 8.61. The van der Waals surface area contributed by atoms with Gasteiger partial charge in [0.1, 0.15) is 6.04 Å². The van der Waals surface area contributed by atoms with Crippen molar-refractivity contribution < 1.29 is 9.95 Å². The van der Waals surface area contributed by atoms with Crippen molar-refractivity contribution in [1.29, 1.82) is 0 Å². The third kappa shape index (κ3) is 0.824. The zero-order valence-corrected chi connectivity index (χ0v) is 4.26. The number of hydrogen-bond acceptors (Lipinski definition) is 2. The number of nitrogens with one attached hydrogen (secondary N) is 1. The molecule has 0 spiro atoms. The molecule has 1 unspecified atom stereocenters. The van der Waals surface area contributed by atoms with E-state index in [4.69, 9.17) is 5.21 Å². The molecule has 0 aliphatic carbocycles. The van der Waals surface area contributed by atoms with Crippen LogP contribution in [0.4, 0.5) is 0 Å². The molecule has 2 N–H and O–H groups in total. The predicted octanol–water partition coefficient (Wildman–Crippen LogP) is -0.592. The largest absolute Gasteiger partial charge is 0.355 e. The lowest BCUT2D eigenvalue weighted by atomic mass is 10.4. The highest BCUT2D eigenvalue weighted by Crippen LogP contribution is 1.83. The highest BCUT2D eigenvalue weighted by Gasteiger charge is 2.15. The Morgan fingerprint density at radius 1 is 2.00 bits per heavy atom. The van der Waals surface area contributed by atoms with Crippen molar-refractivity contribution in [2.45, 2.75) is 13.0 Å². The average molecular weight is 101 g/mol. The van der Waals surface area contributed by atoms with E-state index in [-0.39, 0.29) is 0 Å². The van der Waals surface area contributed by atoms with Crippen LogP contribution in [-0.2, 0) is 0 Å². The summed E-state index contributed by atoms with van der Waals surface area (Å²) in [5.74, 6) is 0. The minimum atomic E-state index is 0.394. The molecule has 40 valence electrons. The van der Waals surface area contributed by atoms with Crippen LogP contribution in [0.1, 0.15) is 6.92 Å². The fourth-order valence-electron chi connectivity index (χ4n) is 0.599. The van der Waals surface area contributed by atoms with E-state index in [1.807, 2.05) is 6.92 Å². The minimum absolute atomic E-state index is 0.394. The molecule has 0 amide bonds. The Morgan fingerprint density at radius 3 is 2.86 bits per heavy atom. The van der Waals surface area contributed by atoms with Crippen molar-refractivity contribution in [3.05, 3.63) is 0 Å². The van der Waals surface area contributed by atoms with E-state index in [1.54, 1.807) is 6.34 Å². The van der Waals surface area contributed by atoms with E-state index in [9.17, 15) is 0 Å². The van der Waals surface area contributed by atoms with Gasteiger partial charge in [0, 0.05) is 0 Å². The summed E-state index contributed by atoms with van der Waals surface area (Å²) in [6, 6.07) is 0.394. The summed E-state index contributed by atoms with van der Waals surface area (Å²) in [5, 5.41) is 11.5. The van der Waals surface area contributed by atoms with E-state index in [0.717, 1.165) is 4.74 Å². The zero-order valence-electron chi connectivity index (χ0n) is 4.26. The summed E-state index contributed by atoms with van der Waals surface area (Å²) in [4.78, 5) is 0. The Bertz CT molecular complexity index is 99.9. The first kappa shape index (κ1) is 4.43. The molecule has 0 aromatic rings. The van der Waals surface area contributed by atoms with E-state index < -0.39 is 0 Å². The summed E-state index contributed by atoms with van der Waals surface area (Å²) in [5.41, 5.74) is 0. The van der Waals surface area contributed by atoms with Gasteiger partial charge in [0.25, 0.3) is 6.34 Å². The van der Waals surface area contributed by atoms with Crippen LogP contribution in [0.15, 0.2) is 0 Å². The molecule has 0 saturated carbocycles. The van der Waals surface area contributed by atoms with Crippen molar-refractivity contribution in [1.82, 2.24) is 5.32 Å².